The normalized spacial score (nSPS) is 15.5. The highest BCUT2D eigenvalue weighted by Crippen LogP contribution is 2.44. The van der Waals surface area contributed by atoms with E-state index in [1.165, 1.54) is 0 Å². The van der Waals surface area contributed by atoms with Gasteiger partial charge < -0.3 is 9.47 Å². The molecule has 8 nitrogen and oxygen atoms in total. The number of rotatable bonds is 4. The van der Waals surface area contributed by atoms with E-state index >= 15 is 0 Å². The lowest BCUT2D eigenvalue weighted by atomic mass is 9.83. The molecule has 4 heterocycles. The van der Waals surface area contributed by atoms with Crippen molar-refractivity contribution in [2.24, 2.45) is 0 Å². The molecule has 0 aliphatic carbocycles. The Bertz CT molecular complexity index is 1300. The SMILES string of the molecule is CCOC(=O)C1=C(C)Oc2ncn3nc(-c4ccncc4)nc3c2[C@H]1c1ccccc1. The number of aromatic nitrogens is 5. The minimum Gasteiger partial charge on any atom is -0.463 e. The summed E-state index contributed by atoms with van der Waals surface area (Å²) in [5.74, 6) is 0.532. The summed E-state index contributed by atoms with van der Waals surface area (Å²) < 4.78 is 12.9. The van der Waals surface area contributed by atoms with Crippen LogP contribution in [-0.2, 0) is 9.53 Å². The van der Waals surface area contributed by atoms with Gasteiger partial charge in [-0.3, -0.25) is 4.98 Å². The molecule has 31 heavy (non-hydrogen) atoms. The monoisotopic (exact) mass is 413 g/mol. The molecular weight excluding hydrogens is 394 g/mol. The number of pyridine rings is 1. The van der Waals surface area contributed by atoms with Crippen molar-refractivity contribution in [1.29, 1.82) is 0 Å². The Labute approximate surface area is 178 Å². The van der Waals surface area contributed by atoms with Crippen LogP contribution in [0.25, 0.3) is 17.0 Å². The maximum atomic E-state index is 12.9. The van der Waals surface area contributed by atoms with E-state index in [4.69, 9.17) is 14.5 Å². The van der Waals surface area contributed by atoms with Gasteiger partial charge in [0, 0.05) is 18.0 Å². The highest BCUT2D eigenvalue weighted by Gasteiger charge is 2.38. The number of nitrogens with zero attached hydrogens (tertiary/aromatic N) is 5. The minimum atomic E-state index is -0.449. The van der Waals surface area contributed by atoms with Crippen LogP contribution in [0.5, 0.6) is 5.88 Å². The van der Waals surface area contributed by atoms with Crippen molar-refractivity contribution in [3.8, 4) is 17.3 Å². The summed E-state index contributed by atoms with van der Waals surface area (Å²) in [6, 6.07) is 13.4. The summed E-state index contributed by atoms with van der Waals surface area (Å²) in [7, 11) is 0. The fourth-order valence-electron chi connectivity index (χ4n) is 3.81. The molecule has 3 aromatic heterocycles. The largest absolute Gasteiger partial charge is 0.463 e. The van der Waals surface area contributed by atoms with Gasteiger partial charge in [-0.2, -0.15) is 0 Å². The van der Waals surface area contributed by atoms with E-state index < -0.39 is 11.9 Å². The fourth-order valence-corrected chi connectivity index (χ4v) is 3.81. The zero-order chi connectivity index (χ0) is 21.4. The van der Waals surface area contributed by atoms with Crippen LogP contribution in [0.3, 0.4) is 0 Å². The molecule has 0 radical (unpaired) electrons. The van der Waals surface area contributed by atoms with Gasteiger partial charge in [-0.15, -0.1) is 5.10 Å². The Morgan fingerprint density at radius 1 is 1.16 bits per heavy atom. The highest BCUT2D eigenvalue weighted by molar-refractivity contribution is 5.93. The third-order valence-electron chi connectivity index (χ3n) is 5.16. The molecule has 0 spiro atoms. The molecule has 0 N–H and O–H groups in total. The van der Waals surface area contributed by atoms with E-state index in [1.54, 1.807) is 37.1 Å². The number of hydrogen-bond acceptors (Lipinski definition) is 7. The van der Waals surface area contributed by atoms with Crippen LogP contribution in [0, 0.1) is 0 Å². The van der Waals surface area contributed by atoms with Crippen LogP contribution in [0.1, 0.15) is 30.9 Å². The molecule has 5 rings (SSSR count). The molecule has 1 atom stereocenters. The molecule has 0 amide bonds. The van der Waals surface area contributed by atoms with Crippen molar-refractivity contribution >= 4 is 11.6 Å². The molecule has 1 aliphatic rings. The predicted octanol–water partition coefficient (Wildman–Crippen LogP) is 3.55. The van der Waals surface area contributed by atoms with Gasteiger partial charge in [0.25, 0.3) is 0 Å². The van der Waals surface area contributed by atoms with Crippen molar-refractivity contribution in [2.45, 2.75) is 19.8 Å². The number of carbonyl (C=O) groups excluding carboxylic acids is 1. The molecule has 0 unspecified atom stereocenters. The zero-order valence-electron chi connectivity index (χ0n) is 17.0. The third-order valence-corrected chi connectivity index (χ3v) is 5.16. The minimum absolute atomic E-state index is 0.267. The second-order valence-corrected chi connectivity index (χ2v) is 7.04. The van der Waals surface area contributed by atoms with Crippen molar-refractivity contribution in [1.82, 2.24) is 24.6 Å². The number of allylic oxidation sites excluding steroid dienone is 1. The van der Waals surface area contributed by atoms with E-state index in [0.29, 0.717) is 34.2 Å². The predicted molar refractivity (Wildman–Crippen MR) is 112 cm³/mol. The van der Waals surface area contributed by atoms with E-state index in [1.807, 2.05) is 42.5 Å². The summed E-state index contributed by atoms with van der Waals surface area (Å²) in [6.07, 6.45) is 4.95. The Morgan fingerprint density at radius 2 is 1.94 bits per heavy atom. The topological polar surface area (TPSA) is 91.5 Å². The second kappa shape index (κ2) is 7.64. The molecule has 4 aromatic rings. The maximum absolute atomic E-state index is 12.9. The van der Waals surface area contributed by atoms with Crippen molar-refractivity contribution in [3.05, 3.63) is 83.6 Å². The first-order valence-corrected chi connectivity index (χ1v) is 9.93. The van der Waals surface area contributed by atoms with Gasteiger partial charge in [0.2, 0.25) is 5.88 Å². The molecule has 0 bridgehead atoms. The van der Waals surface area contributed by atoms with Crippen LogP contribution in [0.4, 0.5) is 0 Å². The van der Waals surface area contributed by atoms with Crippen LogP contribution in [0.15, 0.2) is 72.5 Å². The average molecular weight is 413 g/mol. The molecule has 1 aromatic carbocycles. The Hall–Kier alpha value is -4.07. The van der Waals surface area contributed by atoms with Crippen molar-refractivity contribution in [2.75, 3.05) is 6.61 Å². The molecule has 8 heteroatoms. The molecule has 0 fully saturated rings. The summed E-state index contributed by atoms with van der Waals surface area (Å²) >= 11 is 0. The zero-order valence-corrected chi connectivity index (χ0v) is 17.0. The maximum Gasteiger partial charge on any atom is 0.338 e. The van der Waals surface area contributed by atoms with Gasteiger partial charge >= 0.3 is 5.97 Å². The Balaban J connectivity index is 1.76. The number of ether oxygens (including phenoxy) is 2. The van der Waals surface area contributed by atoms with E-state index in [2.05, 4.69) is 15.1 Å². The summed E-state index contributed by atoms with van der Waals surface area (Å²) in [6.45, 7) is 3.80. The quantitative estimate of drug-likeness (QED) is 0.473. The van der Waals surface area contributed by atoms with Crippen LogP contribution < -0.4 is 4.74 Å². The first kappa shape index (κ1) is 18.9. The van der Waals surface area contributed by atoms with Crippen LogP contribution in [0.2, 0.25) is 0 Å². The lowest BCUT2D eigenvalue weighted by molar-refractivity contribution is -0.139. The Morgan fingerprint density at radius 3 is 2.68 bits per heavy atom. The lowest BCUT2D eigenvalue weighted by Crippen LogP contribution is -2.24. The number of fused-ring (bicyclic) bond motifs is 3. The first-order valence-electron chi connectivity index (χ1n) is 9.93. The van der Waals surface area contributed by atoms with Gasteiger partial charge in [0.1, 0.15) is 12.1 Å². The second-order valence-electron chi connectivity index (χ2n) is 7.04. The van der Waals surface area contributed by atoms with E-state index in [-0.39, 0.29) is 6.61 Å². The average Bonchev–Trinajstić information content (AvgIpc) is 3.24. The Kier molecular flexibility index (Phi) is 4.66. The molecule has 1 aliphatic heterocycles. The van der Waals surface area contributed by atoms with Crippen LogP contribution >= 0.6 is 0 Å². The van der Waals surface area contributed by atoms with Crippen molar-refractivity contribution in [3.63, 3.8) is 0 Å². The fraction of sp³-hybridized carbons (Fsp3) is 0.174. The first-order chi connectivity index (χ1) is 15.2. The number of hydrogen-bond donors (Lipinski definition) is 0. The van der Waals surface area contributed by atoms with Gasteiger partial charge in [0.15, 0.2) is 11.5 Å². The van der Waals surface area contributed by atoms with E-state index in [0.717, 1.165) is 11.1 Å². The molecule has 154 valence electrons. The lowest BCUT2D eigenvalue weighted by Gasteiger charge is -2.28. The summed E-state index contributed by atoms with van der Waals surface area (Å²) in [4.78, 5) is 26.2. The van der Waals surface area contributed by atoms with Gasteiger partial charge in [-0.25, -0.2) is 19.3 Å². The van der Waals surface area contributed by atoms with Gasteiger partial charge in [0.05, 0.1) is 23.7 Å². The highest BCUT2D eigenvalue weighted by atomic mass is 16.5. The van der Waals surface area contributed by atoms with Crippen molar-refractivity contribution < 1.29 is 14.3 Å². The number of benzene rings is 1. The van der Waals surface area contributed by atoms with Crippen LogP contribution in [-0.4, -0.2) is 37.1 Å². The summed E-state index contributed by atoms with van der Waals surface area (Å²) in [5.41, 5.74) is 3.43. The smallest absolute Gasteiger partial charge is 0.338 e. The van der Waals surface area contributed by atoms with E-state index in [9.17, 15) is 4.79 Å². The third kappa shape index (κ3) is 3.22. The summed E-state index contributed by atoms with van der Waals surface area (Å²) in [5, 5.41) is 4.57. The molecule has 0 saturated carbocycles. The standard InChI is InChI=1S/C23H19N5O3/c1-3-30-23(29)17-14(2)31-22-19(18(17)15-7-5-4-6-8-15)21-26-20(27-28(21)13-25-22)16-9-11-24-12-10-16/h4-13,18H,3H2,1-2H3/t18-/m0/s1. The van der Waals surface area contributed by atoms with Gasteiger partial charge in [-0.1, -0.05) is 30.3 Å². The van der Waals surface area contributed by atoms with Gasteiger partial charge in [-0.05, 0) is 31.5 Å². The number of esters is 1. The molecular formula is C23H19N5O3. The molecule has 0 saturated heterocycles. The number of carbonyl (C=O) groups is 1.